The summed E-state index contributed by atoms with van der Waals surface area (Å²) in [7, 11) is 3.82. The van der Waals surface area contributed by atoms with Gasteiger partial charge in [0.15, 0.2) is 0 Å². The number of anilines is 2. The molecule has 4 aromatic rings. The van der Waals surface area contributed by atoms with E-state index in [4.69, 9.17) is 35.8 Å². The molecule has 262 valence electrons. The van der Waals surface area contributed by atoms with Crippen molar-refractivity contribution in [2.24, 2.45) is 0 Å². The molecule has 2 aromatic heterocycles. The fourth-order valence-electron chi connectivity index (χ4n) is 6.91. The normalized spacial score (nSPS) is 19.3. The maximum Gasteiger partial charge on any atom is 0.412 e. The smallest absolute Gasteiger partial charge is 0.412 e. The molecule has 12 nitrogen and oxygen atoms in total. The van der Waals surface area contributed by atoms with Crippen LogP contribution in [0.3, 0.4) is 0 Å². The van der Waals surface area contributed by atoms with Crippen molar-refractivity contribution in [2.45, 2.75) is 70.9 Å². The second-order valence-electron chi connectivity index (χ2n) is 13.9. The average Bonchev–Trinajstić information content (AvgIpc) is 3.85. The van der Waals surface area contributed by atoms with Crippen LogP contribution in [0.2, 0.25) is 5.02 Å². The van der Waals surface area contributed by atoms with Crippen molar-refractivity contribution in [2.75, 3.05) is 44.4 Å². The number of benzene rings is 2. The number of aromatic nitrogens is 2. The summed E-state index contributed by atoms with van der Waals surface area (Å²) in [5, 5.41) is 17.7. The van der Waals surface area contributed by atoms with Crippen LogP contribution in [0.4, 0.5) is 20.0 Å². The molecule has 0 aliphatic carbocycles. The standard InChI is InChI=1S/C35H37ClFN7O5S/c1-35(2,3)49-34(46)42-31-19(13-38)25-18(8-9-22(37)29(25)50-31)24-20-15-47-16-21(20)26-28(27(24)36)40-33(48-14-17-7-6-11-43(17)4)41-30(26)39-23-10-12-44(5)32(23)45/h8-9,17,23H,6-7,10-12,14-16H2,1-5H3,(H,42,46)(H,39,40,41)/t17-,23+/m0/s1. The van der Waals surface area contributed by atoms with E-state index in [1.54, 1.807) is 38.8 Å². The number of hydrogen-bond donors (Lipinski definition) is 2. The largest absolute Gasteiger partial charge is 0.462 e. The molecule has 5 heterocycles. The second-order valence-corrected chi connectivity index (χ2v) is 15.3. The molecular formula is C35H37ClFN7O5S. The van der Waals surface area contributed by atoms with Crippen LogP contribution in [-0.4, -0.2) is 83.2 Å². The zero-order valence-electron chi connectivity index (χ0n) is 28.4. The van der Waals surface area contributed by atoms with Crippen molar-refractivity contribution in [3.05, 3.63) is 39.7 Å². The summed E-state index contributed by atoms with van der Waals surface area (Å²) >= 11 is 8.29. The van der Waals surface area contributed by atoms with Gasteiger partial charge in [-0.3, -0.25) is 10.1 Å². The Hall–Kier alpha value is -4.29. The Bertz CT molecular complexity index is 2090. The summed E-state index contributed by atoms with van der Waals surface area (Å²) in [5.41, 5.74) is 2.17. The molecule has 0 spiro atoms. The molecule has 0 radical (unpaired) electrons. The molecule has 0 unspecified atom stereocenters. The molecule has 2 amide bonds. The Morgan fingerprint density at radius 1 is 1.18 bits per heavy atom. The Balaban J connectivity index is 1.41. The van der Waals surface area contributed by atoms with Gasteiger partial charge in [0.05, 0.1) is 39.4 Å². The van der Waals surface area contributed by atoms with Crippen molar-refractivity contribution in [1.82, 2.24) is 19.8 Å². The lowest BCUT2D eigenvalue weighted by atomic mass is 9.91. The zero-order valence-corrected chi connectivity index (χ0v) is 30.0. The quantitative estimate of drug-likeness (QED) is 0.213. The fraction of sp³-hybridized carbons (Fsp3) is 0.457. The maximum atomic E-state index is 15.5. The van der Waals surface area contributed by atoms with E-state index in [0.29, 0.717) is 52.8 Å². The molecule has 3 aliphatic heterocycles. The number of halogens is 2. The third-order valence-electron chi connectivity index (χ3n) is 9.38. The summed E-state index contributed by atoms with van der Waals surface area (Å²) in [4.78, 5) is 39.2. The van der Waals surface area contributed by atoms with Gasteiger partial charge in [-0.2, -0.15) is 15.2 Å². The van der Waals surface area contributed by atoms with E-state index in [1.165, 1.54) is 6.07 Å². The predicted molar refractivity (Wildman–Crippen MR) is 189 cm³/mol. The molecule has 7 rings (SSSR count). The van der Waals surface area contributed by atoms with E-state index >= 15 is 4.39 Å². The number of likely N-dealkylation sites (N-methyl/N-ethyl adjacent to an activating group) is 2. The average molecular weight is 722 g/mol. The Morgan fingerprint density at radius 3 is 2.64 bits per heavy atom. The van der Waals surface area contributed by atoms with Crippen LogP contribution in [0.1, 0.15) is 56.7 Å². The topological polar surface area (TPSA) is 142 Å². The lowest BCUT2D eigenvalue weighted by Gasteiger charge is -2.21. The van der Waals surface area contributed by atoms with Crippen LogP contribution >= 0.6 is 22.9 Å². The summed E-state index contributed by atoms with van der Waals surface area (Å²) < 4.78 is 33.2. The lowest BCUT2D eigenvalue weighted by molar-refractivity contribution is -0.127. The van der Waals surface area contributed by atoms with E-state index in [9.17, 15) is 14.9 Å². The van der Waals surface area contributed by atoms with E-state index in [0.717, 1.165) is 41.9 Å². The number of hydrogen-bond acceptors (Lipinski definition) is 11. The first-order valence-electron chi connectivity index (χ1n) is 16.5. The van der Waals surface area contributed by atoms with Crippen molar-refractivity contribution >= 4 is 66.7 Å². The number of carbonyl (C=O) groups is 2. The molecule has 2 saturated heterocycles. The number of carbonyl (C=O) groups excluding carboxylic acids is 2. The monoisotopic (exact) mass is 721 g/mol. The number of nitrogens with zero attached hydrogens (tertiary/aromatic N) is 5. The molecule has 0 saturated carbocycles. The summed E-state index contributed by atoms with van der Waals surface area (Å²) in [6.07, 6.45) is 1.89. The summed E-state index contributed by atoms with van der Waals surface area (Å²) in [5.74, 6) is -0.191. The Labute approximate surface area is 297 Å². The molecule has 2 N–H and O–H groups in total. The van der Waals surface area contributed by atoms with Crippen molar-refractivity contribution < 1.29 is 28.2 Å². The number of amides is 2. The lowest BCUT2D eigenvalue weighted by Crippen LogP contribution is -2.32. The predicted octanol–water partition coefficient (Wildman–Crippen LogP) is 6.67. The molecule has 2 atom stereocenters. The van der Waals surface area contributed by atoms with Crippen LogP contribution in [-0.2, 0) is 27.5 Å². The van der Waals surface area contributed by atoms with Crippen LogP contribution < -0.4 is 15.4 Å². The van der Waals surface area contributed by atoms with Gasteiger partial charge in [0.2, 0.25) is 5.91 Å². The van der Waals surface area contributed by atoms with E-state index in [1.807, 2.05) is 0 Å². The fourth-order valence-corrected chi connectivity index (χ4v) is 8.33. The van der Waals surface area contributed by atoms with Gasteiger partial charge in [-0.25, -0.2) is 9.18 Å². The Morgan fingerprint density at radius 2 is 1.96 bits per heavy atom. The summed E-state index contributed by atoms with van der Waals surface area (Å²) in [6.45, 7) is 7.53. The van der Waals surface area contributed by atoms with Gasteiger partial charge in [0.1, 0.15) is 41.0 Å². The van der Waals surface area contributed by atoms with Gasteiger partial charge in [-0.15, -0.1) is 11.3 Å². The van der Waals surface area contributed by atoms with Crippen molar-refractivity contribution in [1.29, 1.82) is 5.26 Å². The highest BCUT2D eigenvalue weighted by Gasteiger charge is 2.34. The van der Waals surface area contributed by atoms with Crippen molar-refractivity contribution in [3.8, 4) is 23.2 Å². The number of ether oxygens (including phenoxy) is 3. The first-order chi connectivity index (χ1) is 23.8. The minimum absolute atomic E-state index is 0.0478. The molecular weight excluding hydrogens is 685 g/mol. The second kappa shape index (κ2) is 13.1. The molecule has 2 fully saturated rings. The first-order valence-corrected chi connectivity index (χ1v) is 17.7. The summed E-state index contributed by atoms with van der Waals surface area (Å²) in [6, 6.07) is 4.87. The van der Waals surface area contributed by atoms with Gasteiger partial charge in [0, 0.05) is 30.6 Å². The van der Waals surface area contributed by atoms with Crippen LogP contribution in [0.25, 0.3) is 32.1 Å². The number of rotatable bonds is 7. The van der Waals surface area contributed by atoms with Gasteiger partial charge >= 0.3 is 12.1 Å². The molecule has 50 heavy (non-hydrogen) atoms. The van der Waals surface area contributed by atoms with Gasteiger partial charge in [-0.05, 0) is 76.4 Å². The van der Waals surface area contributed by atoms with Crippen LogP contribution in [0.5, 0.6) is 6.01 Å². The highest BCUT2D eigenvalue weighted by atomic mass is 35.5. The maximum absolute atomic E-state index is 15.5. The highest BCUT2D eigenvalue weighted by Crippen LogP contribution is 2.50. The SMILES string of the molecule is CN1CC[C@@H](Nc2nc(OC[C@@H]3CCCN3C)nc3c(Cl)c(-c4ccc(F)c5sc(NC(=O)OC(C)(C)C)c(C#N)c45)c4c(c23)COC4)C1=O. The molecule has 0 bridgehead atoms. The van der Waals surface area contributed by atoms with Gasteiger partial charge in [0.25, 0.3) is 0 Å². The number of likely N-dealkylation sites (tertiary alicyclic amines) is 2. The number of nitrogens with one attached hydrogen (secondary N) is 2. The first kappa shape index (κ1) is 34.2. The molecule has 15 heteroatoms. The minimum atomic E-state index is -0.782. The number of nitriles is 1. The highest BCUT2D eigenvalue weighted by molar-refractivity contribution is 7.23. The van der Waals surface area contributed by atoms with Gasteiger partial charge < -0.3 is 29.3 Å². The Kier molecular flexibility index (Phi) is 8.96. The van der Waals surface area contributed by atoms with Crippen LogP contribution in [0.15, 0.2) is 12.1 Å². The van der Waals surface area contributed by atoms with E-state index < -0.39 is 23.6 Å². The number of fused-ring (bicyclic) bond motifs is 4. The zero-order chi connectivity index (χ0) is 35.5. The molecule has 2 aromatic carbocycles. The van der Waals surface area contributed by atoms with Gasteiger partial charge in [-0.1, -0.05) is 17.7 Å². The van der Waals surface area contributed by atoms with Crippen LogP contribution in [0, 0.1) is 17.1 Å². The van der Waals surface area contributed by atoms with E-state index in [2.05, 4.69) is 28.7 Å². The van der Waals surface area contributed by atoms with Crippen molar-refractivity contribution in [3.63, 3.8) is 0 Å². The molecule has 3 aliphatic rings. The third kappa shape index (κ3) is 6.17. The van der Waals surface area contributed by atoms with E-state index in [-0.39, 0.29) is 51.5 Å². The third-order valence-corrected chi connectivity index (χ3v) is 10.9. The number of thiophene rings is 1. The minimum Gasteiger partial charge on any atom is -0.462 e.